The third-order valence-corrected chi connectivity index (χ3v) is 6.87. The Balaban J connectivity index is 1.57. The summed E-state index contributed by atoms with van der Waals surface area (Å²) in [6.45, 7) is 0.610. The molecule has 1 saturated heterocycles. The van der Waals surface area contributed by atoms with E-state index in [2.05, 4.69) is 15.0 Å². The van der Waals surface area contributed by atoms with Crippen molar-refractivity contribution in [3.05, 3.63) is 53.0 Å². The molecule has 1 fully saturated rings. The lowest BCUT2D eigenvalue weighted by atomic mass is 10.2. The van der Waals surface area contributed by atoms with Crippen LogP contribution in [-0.2, 0) is 10.0 Å². The zero-order valence-corrected chi connectivity index (χ0v) is 15.8. The van der Waals surface area contributed by atoms with Crippen LogP contribution in [0.1, 0.15) is 6.42 Å². The number of nitro benzene ring substituents is 1. The summed E-state index contributed by atoms with van der Waals surface area (Å²) >= 11 is 0. The monoisotopic (exact) mass is 402 g/mol. The molecule has 4 rings (SSSR count). The van der Waals surface area contributed by atoms with Gasteiger partial charge in [0.25, 0.3) is 5.69 Å². The van der Waals surface area contributed by atoms with Crippen LogP contribution in [0.4, 0.5) is 11.5 Å². The minimum Gasteiger partial charge on any atom is -0.355 e. The predicted molar refractivity (Wildman–Crippen MR) is 103 cm³/mol. The lowest BCUT2D eigenvalue weighted by molar-refractivity contribution is -0.385. The molecule has 10 nitrogen and oxygen atoms in total. The number of sulfonamides is 1. The number of nitrogens with one attached hydrogen (secondary N) is 1. The lowest BCUT2D eigenvalue weighted by Crippen LogP contribution is -2.37. The van der Waals surface area contributed by atoms with Crippen LogP contribution < -0.4 is 4.90 Å². The first-order valence-electron chi connectivity index (χ1n) is 8.63. The van der Waals surface area contributed by atoms with Gasteiger partial charge in [-0.15, -0.1) is 0 Å². The van der Waals surface area contributed by atoms with Crippen LogP contribution in [-0.4, -0.2) is 58.8 Å². The van der Waals surface area contributed by atoms with E-state index in [0.29, 0.717) is 13.0 Å². The fourth-order valence-electron chi connectivity index (χ4n) is 3.46. The topological polar surface area (TPSA) is 125 Å². The SMILES string of the molecule is CN(c1ncnc2[nH]ccc12)[C@@H]1CCN(S(=O)(=O)c2cccc([N+](=O)[O-])c2)C1. The van der Waals surface area contributed by atoms with Crippen molar-refractivity contribution < 1.29 is 13.3 Å². The molecule has 1 atom stereocenters. The smallest absolute Gasteiger partial charge is 0.270 e. The summed E-state index contributed by atoms with van der Waals surface area (Å²) in [6.07, 6.45) is 3.88. The number of anilines is 1. The molecule has 0 amide bonds. The Bertz CT molecular complexity index is 1150. The van der Waals surface area contributed by atoms with Gasteiger partial charge in [0.15, 0.2) is 0 Å². The van der Waals surface area contributed by atoms with Crippen LogP contribution in [0, 0.1) is 10.1 Å². The fourth-order valence-corrected chi connectivity index (χ4v) is 5.00. The first kappa shape index (κ1) is 18.3. The van der Waals surface area contributed by atoms with E-state index in [1.165, 1.54) is 28.8 Å². The van der Waals surface area contributed by atoms with Crippen LogP contribution in [0.15, 0.2) is 47.8 Å². The predicted octanol–water partition coefficient (Wildman–Crippen LogP) is 1.77. The van der Waals surface area contributed by atoms with Crippen LogP contribution in [0.3, 0.4) is 0 Å². The van der Waals surface area contributed by atoms with Gasteiger partial charge in [-0.2, -0.15) is 4.31 Å². The number of benzene rings is 1. The number of non-ortho nitro benzene ring substituents is 1. The second kappa shape index (κ2) is 6.84. The maximum atomic E-state index is 12.9. The molecule has 0 spiro atoms. The van der Waals surface area contributed by atoms with Crippen molar-refractivity contribution in [2.45, 2.75) is 17.4 Å². The van der Waals surface area contributed by atoms with E-state index < -0.39 is 14.9 Å². The zero-order valence-electron chi connectivity index (χ0n) is 15.0. The van der Waals surface area contributed by atoms with Crippen LogP contribution in [0.2, 0.25) is 0 Å². The lowest BCUT2D eigenvalue weighted by Gasteiger charge is -2.26. The quantitative estimate of drug-likeness (QED) is 0.509. The van der Waals surface area contributed by atoms with E-state index in [0.717, 1.165) is 22.9 Å². The van der Waals surface area contributed by atoms with Gasteiger partial charge in [0.2, 0.25) is 10.0 Å². The molecule has 146 valence electrons. The fraction of sp³-hybridized carbons (Fsp3) is 0.294. The maximum Gasteiger partial charge on any atom is 0.270 e. The van der Waals surface area contributed by atoms with E-state index in [4.69, 9.17) is 0 Å². The van der Waals surface area contributed by atoms with Crippen LogP contribution in [0.5, 0.6) is 0 Å². The van der Waals surface area contributed by atoms with Crippen molar-refractivity contribution in [3.63, 3.8) is 0 Å². The summed E-state index contributed by atoms with van der Waals surface area (Å²) in [5.41, 5.74) is 0.473. The highest BCUT2D eigenvalue weighted by molar-refractivity contribution is 7.89. The zero-order chi connectivity index (χ0) is 19.9. The molecule has 0 unspecified atom stereocenters. The van der Waals surface area contributed by atoms with Crippen molar-refractivity contribution in [1.29, 1.82) is 0 Å². The minimum absolute atomic E-state index is 0.0681. The number of nitrogens with zero attached hydrogens (tertiary/aromatic N) is 5. The van der Waals surface area contributed by atoms with Crippen LogP contribution in [0.25, 0.3) is 11.0 Å². The summed E-state index contributed by atoms with van der Waals surface area (Å²) in [5, 5.41) is 11.8. The Kier molecular flexibility index (Phi) is 4.47. The molecule has 2 aromatic heterocycles. The standard InChI is InChI=1S/C17H18N6O4S/c1-21(17-15-5-7-18-16(15)19-11-20-17)13-6-8-22(10-13)28(26,27)14-4-2-3-12(9-14)23(24)25/h2-5,7,9,11,13H,6,8,10H2,1H3,(H,18,19,20)/t13-/m1/s1. The molecule has 1 aliphatic heterocycles. The molecule has 1 aromatic carbocycles. The van der Waals surface area contributed by atoms with Gasteiger partial charge < -0.3 is 9.88 Å². The van der Waals surface area contributed by atoms with Crippen LogP contribution >= 0.6 is 0 Å². The van der Waals surface area contributed by atoms with Crippen molar-refractivity contribution in [2.75, 3.05) is 25.0 Å². The Hall–Kier alpha value is -3.05. The van der Waals surface area contributed by atoms with Crippen molar-refractivity contribution in [3.8, 4) is 0 Å². The highest BCUT2D eigenvalue weighted by Crippen LogP contribution is 2.29. The molecule has 0 bridgehead atoms. The minimum atomic E-state index is -3.81. The third-order valence-electron chi connectivity index (χ3n) is 5.01. The molecule has 0 radical (unpaired) electrons. The summed E-state index contributed by atoms with van der Waals surface area (Å²) < 4.78 is 27.2. The number of aromatic nitrogens is 3. The largest absolute Gasteiger partial charge is 0.355 e. The Morgan fingerprint density at radius 1 is 1.32 bits per heavy atom. The Morgan fingerprint density at radius 2 is 2.14 bits per heavy atom. The number of hydrogen-bond donors (Lipinski definition) is 1. The second-order valence-electron chi connectivity index (χ2n) is 6.61. The number of hydrogen-bond acceptors (Lipinski definition) is 7. The molecule has 0 saturated carbocycles. The first-order chi connectivity index (χ1) is 13.4. The highest BCUT2D eigenvalue weighted by Gasteiger charge is 2.35. The van der Waals surface area contributed by atoms with Gasteiger partial charge in [0.1, 0.15) is 17.8 Å². The van der Waals surface area contributed by atoms with E-state index in [1.807, 2.05) is 18.0 Å². The van der Waals surface area contributed by atoms with Gasteiger partial charge >= 0.3 is 0 Å². The number of fused-ring (bicyclic) bond motifs is 1. The van der Waals surface area contributed by atoms with Gasteiger partial charge in [-0.3, -0.25) is 10.1 Å². The van der Waals surface area contributed by atoms with Gasteiger partial charge in [0.05, 0.1) is 15.2 Å². The summed E-state index contributed by atoms with van der Waals surface area (Å²) in [4.78, 5) is 23.8. The maximum absolute atomic E-state index is 12.9. The van der Waals surface area contributed by atoms with E-state index in [9.17, 15) is 18.5 Å². The van der Waals surface area contributed by atoms with E-state index in [1.54, 1.807) is 6.20 Å². The van der Waals surface area contributed by atoms with Crippen molar-refractivity contribution in [2.24, 2.45) is 0 Å². The molecule has 1 aliphatic rings. The molecule has 1 N–H and O–H groups in total. The normalized spacial score (nSPS) is 17.8. The Morgan fingerprint density at radius 3 is 2.93 bits per heavy atom. The van der Waals surface area contributed by atoms with Gasteiger partial charge in [-0.25, -0.2) is 18.4 Å². The number of nitro groups is 1. The molecular weight excluding hydrogens is 384 g/mol. The second-order valence-corrected chi connectivity index (χ2v) is 8.55. The van der Waals surface area contributed by atoms with Gasteiger partial charge in [-0.1, -0.05) is 6.07 Å². The molecule has 3 heterocycles. The van der Waals surface area contributed by atoms with Gasteiger partial charge in [-0.05, 0) is 18.6 Å². The molecule has 28 heavy (non-hydrogen) atoms. The summed E-state index contributed by atoms with van der Waals surface area (Å²) in [5.74, 6) is 0.728. The van der Waals surface area contributed by atoms with E-state index >= 15 is 0 Å². The average molecular weight is 402 g/mol. The summed E-state index contributed by atoms with van der Waals surface area (Å²) in [7, 11) is -1.93. The van der Waals surface area contributed by atoms with Crippen molar-refractivity contribution in [1.82, 2.24) is 19.3 Å². The molecular formula is C17H18N6O4S. The number of H-pyrrole nitrogens is 1. The molecule has 0 aliphatic carbocycles. The first-order valence-corrected chi connectivity index (χ1v) is 10.1. The van der Waals surface area contributed by atoms with E-state index in [-0.39, 0.29) is 23.2 Å². The molecule has 3 aromatic rings. The highest BCUT2D eigenvalue weighted by atomic mass is 32.2. The number of rotatable bonds is 5. The average Bonchev–Trinajstić information content (AvgIpc) is 3.37. The van der Waals surface area contributed by atoms with Crippen molar-refractivity contribution >= 4 is 32.6 Å². The molecule has 11 heteroatoms. The number of likely N-dealkylation sites (N-methyl/N-ethyl adjacent to an activating group) is 1. The number of aromatic amines is 1. The third kappa shape index (κ3) is 3.08. The Labute approximate surface area is 161 Å². The summed E-state index contributed by atoms with van der Waals surface area (Å²) in [6, 6.07) is 6.95. The van der Waals surface area contributed by atoms with Gasteiger partial charge in [0, 0.05) is 44.5 Å².